The Hall–Kier alpha value is -1.11. The first kappa shape index (κ1) is 13.0. The molecular formula is C10H21N5O. The molecule has 0 fully saturated rings. The number of methoxy groups -OCH3 is 1. The molecular weight excluding hydrogens is 206 g/mol. The lowest BCUT2D eigenvalue weighted by atomic mass is 10.2. The Labute approximate surface area is 96.3 Å². The molecule has 0 aliphatic heterocycles. The normalized spacial score (nSPS) is 13.1. The molecule has 0 bridgehead atoms. The van der Waals surface area contributed by atoms with E-state index in [4.69, 9.17) is 10.6 Å². The number of hydrogen-bond donors (Lipinski definition) is 2. The Bertz CT molecular complexity index is 323. The molecule has 1 atom stereocenters. The summed E-state index contributed by atoms with van der Waals surface area (Å²) in [6.45, 7) is 3.72. The van der Waals surface area contributed by atoms with Gasteiger partial charge >= 0.3 is 0 Å². The lowest BCUT2D eigenvalue weighted by Crippen LogP contribution is -2.29. The van der Waals surface area contributed by atoms with Crippen LogP contribution >= 0.6 is 0 Å². The molecule has 6 heteroatoms. The van der Waals surface area contributed by atoms with Crippen molar-refractivity contribution in [1.82, 2.24) is 20.1 Å². The number of rotatable bonds is 6. The summed E-state index contributed by atoms with van der Waals surface area (Å²) in [6, 6.07) is 0.0135. The van der Waals surface area contributed by atoms with E-state index in [0.717, 1.165) is 24.5 Å². The highest BCUT2D eigenvalue weighted by Gasteiger charge is 2.16. The fraction of sp³-hybridized carbons (Fsp3) is 0.700. The van der Waals surface area contributed by atoms with E-state index in [1.807, 2.05) is 25.7 Å². The van der Waals surface area contributed by atoms with Crippen molar-refractivity contribution in [3.05, 3.63) is 11.9 Å². The van der Waals surface area contributed by atoms with Crippen LogP contribution in [0.3, 0.4) is 0 Å². The van der Waals surface area contributed by atoms with Crippen LogP contribution in [0.25, 0.3) is 0 Å². The van der Waals surface area contributed by atoms with Gasteiger partial charge in [-0.15, -0.1) is 0 Å². The van der Waals surface area contributed by atoms with Crippen molar-refractivity contribution in [3.8, 4) is 5.75 Å². The number of hydrazine groups is 1. The van der Waals surface area contributed by atoms with Crippen LogP contribution in [0.1, 0.15) is 18.7 Å². The highest BCUT2D eigenvalue weighted by Crippen LogP contribution is 2.23. The van der Waals surface area contributed by atoms with Crippen LogP contribution in [0.15, 0.2) is 6.20 Å². The van der Waals surface area contributed by atoms with Crippen LogP contribution in [0.2, 0.25) is 0 Å². The summed E-state index contributed by atoms with van der Waals surface area (Å²) in [4.78, 5) is 2.11. The maximum absolute atomic E-state index is 5.45. The molecule has 0 aromatic carbocycles. The van der Waals surface area contributed by atoms with Gasteiger partial charge in [0.1, 0.15) is 0 Å². The predicted octanol–water partition coefficient (Wildman–Crippen LogP) is -0.0224. The second-order valence-electron chi connectivity index (χ2n) is 4.01. The molecule has 1 rings (SSSR count). The molecule has 1 aromatic rings. The van der Waals surface area contributed by atoms with Crippen molar-refractivity contribution < 1.29 is 4.74 Å². The topological polar surface area (TPSA) is 68.3 Å². The highest BCUT2D eigenvalue weighted by molar-refractivity contribution is 5.27. The number of nitrogens with zero attached hydrogens (tertiary/aromatic N) is 3. The SMILES string of the molecule is COc1cnn(CCN(C)C)c1C(C)NN. The zero-order chi connectivity index (χ0) is 12.1. The minimum absolute atomic E-state index is 0.0135. The second kappa shape index (κ2) is 5.83. The van der Waals surface area contributed by atoms with Crippen molar-refractivity contribution in [2.24, 2.45) is 5.84 Å². The first-order valence-electron chi connectivity index (χ1n) is 5.30. The number of hydrogen-bond acceptors (Lipinski definition) is 5. The zero-order valence-corrected chi connectivity index (χ0v) is 10.4. The smallest absolute Gasteiger partial charge is 0.161 e. The summed E-state index contributed by atoms with van der Waals surface area (Å²) < 4.78 is 7.18. The molecule has 6 nitrogen and oxygen atoms in total. The van der Waals surface area contributed by atoms with Gasteiger partial charge < -0.3 is 9.64 Å². The van der Waals surface area contributed by atoms with Gasteiger partial charge in [0.05, 0.1) is 31.6 Å². The van der Waals surface area contributed by atoms with E-state index in [-0.39, 0.29) is 6.04 Å². The number of aromatic nitrogens is 2. The van der Waals surface area contributed by atoms with Crippen LogP contribution in [0.5, 0.6) is 5.75 Å². The molecule has 16 heavy (non-hydrogen) atoms. The van der Waals surface area contributed by atoms with E-state index in [9.17, 15) is 0 Å². The zero-order valence-electron chi connectivity index (χ0n) is 10.4. The Kier molecular flexibility index (Phi) is 4.72. The van der Waals surface area contributed by atoms with Crippen molar-refractivity contribution in [1.29, 1.82) is 0 Å². The molecule has 0 aliphatic rings. The molecule has 92 valence electrons. The fourth-order valence-corrected chi connectivity index (χ4v) is 1.52. The maximum atomic E-state index is 5.45. The molecule has 1 aromatic heterocycles. The summed E-state index contributed by atoms with van der Waals surface area (Å²) in [6.07, 6.45) is 1.72. The average Bonchev–Trinajstić information content (AvgIpc) is 2.68. The molecule has 0 spiro atoms. The van der Waals surface area contributed by atoms with E-state index in [0.29, 0.717) is 0 Å². The van der Waals surface area contributed by atoms with E-state index >= 15 is 0 Å². The summed E-state index contributed by atoms with van der Waals surface area (Å²) in [5.74, 6) is 6.22. The van der Waals surface area contributed by atoms with Gasteiger partial charge in [-0.2, -0.15) is 5.10 Å². The van der Waals surface area contributed by atoms with Gasteiger partial charge in [-0.3, -0.25) is 16.0 Å². The third-order valence-corrected chi connectivity index (χ3v) is 2.48. The summed E-state index contributed by atoms with van der Waals surface area (Å²) in [5, 5.41) is 4.30. The van der Waals surface area contributed by atoms with Gasteiger partial charge in [-0.05, 0) is 21.0 Å². The molecule has 0 aliphatic carbocycles. The maximum Gasteiger partial charge on any atom is 0.161 e. The van der Waals surface area contributed by atoms with Gasteiger partial charge in [0.15, 0.2) is 5.75 Å². The Morgan fingerprint density at radius 1 is 1.62 bits per heavy atom. The third-order valence-electron chi connectivity index (χ3n) is 2.48. The standard InChI is InChI=1S/C10H21N5O/c1-8(13-11)10-9(16-4)7-12-15(10)6-5-14(2)3/h7-8,13H,5-6,11H2,1-4H3. The van der Waals surface area contributed by atoms with E-state index < -0.39 is 0 Å². The number of nitrogens with two attached hydrogens (primary N) is 1. The minimum Gasteiger partial charge on any atom is -0.493 e. The Morgan fingerprint density at radius 2 is 2.31 bits per heavy atom. The molecule has 0 saturated heterocycles. The van der Waals surface area contributed by atoms with Crippen molar-refractivity contribution >= 4 is 0 Å². The number of ether oxygens (including phenoxy) is 1. The lowest BCUT2D eigenvalue weighted by molar-refractivity contribution is 0.357. The number of likely N-dealkylation sites (N-methyl/N-ethyl adjacent to an activating group) is 1. The van der Waals surface area contributed by atoms with Gasteiger partial charge in [0, 0.05) is 6.54 Å². The molecule has 0 amide bonds. The minimum atomic E-state index is 0.0135. The summed E-state index contributed by atoms with van der Waals surface area (Å²) in [5.41, 5.74) is 3.69. The van der Waals surface area contributed by atoms with Crippen molar-refractivity contribution in [2.75, 3.05) is 27.7 Å². The summed E-state index contributed by atoms with van der Waals surface area (Å²) in [7, 11) is 5.70. The highest BCUT2D eigenvalue weighted by atomic mass is 16.5. The van der Waals surface area contributed by atoms with Crippen LogP contribution in [-0.4, -0.2) is 42.4 Å². The summed E-state index contributed by atoms with van der Waals surface area (Å²) >= 11 is 0. The van der Waals surface area contributed by atoms with E-state index in [1.54, 1.807) is 13.3 Å². The molecule has 0 saturated carbocycles. The quantitative estimate of drug-likeness (QED) is 0.528. The van der Waals surface area contributed by atoms with Crippen LogP contribution in [-0.2, 0) is 6.54 Å². The predicted molar refractivity (Wildman–Crippen MR) is 63.1 cm³/mol. The van der Waals surface area contributed by atoms with E-state index in [1.165, 1.54) is 0 Å². The second-order valence-corrected chi connectivity index (χ2v) is 4.01. The molecule has 0 radical (unpaired) electrons. The molecule has 3 N–H and O–H groups in total. The molecule has 1 unspecified atom stereocenters. The van der Waals surface area contributed by atoms with Gasteiger partial charge in [0.2, 0.25) is 0 Å². The Balaban J connectivity index is 2.86. The van der Waals surface area contributed by atoms with Crippen molar-refractivity contribution in [3.63, 3.8) is 0 Å². The fourth-order valence-electron chi connectivity index (χ4n) is 1.52. The van der Waals surface area contributed by atoms with Gasteiger partial charge in [0.25, 0.3) is 0 Å². The first-order chi connectivity index (χ1) is 7.60. The average molecular weight is 227 g/mol. The first-order valence-corrected chi connectivity index (χ1v) is 5.30. The number of nitrogens with one attached hydrogen (secondary N) is 1. The van der Waals surface area contributed by atoms with Gasteiger partial charge in [-0.25, -0.2) is 0 Å². The van der Waals surface area contributed by atoms with Crippen LogP contribution < -0.4 is 16.0 Å². The largest absolute Gasteiger partial charge is 0.493 e. The Morgan fingerprint density at radius 3 is 2.81 bits per heavy atom. The third kappa shape index (κ3) is 2.94. The van der Waals surface area contributed by atoms with Crippen molar-refractivity contribution in [2.45, 2.75) is 19.5 Å². The van der Waals surface area contributed by atoms with Crippen LogP contribution in [0, 0.1) is 0 Å². The van der Waals surface area contributed by atoms with E-state index in [2.05, 4.69) is 15.4 Å². The molecule has 1 heterocycles. The van der Waals surface area contributed by atoms with Crippen LogP contribution in [0.4, 0.5) is 0 Å². The lowest BCUT2D eigenvalue weighted by Gasteiger charge is -2.16. The van der Waals surface area contributed by atoms with Gasteiger partial charge in [-0.1, -0.05) is 0 Å². The monoisotopic (exact) mass is 227 g/mol.